The molecule has 0 amide bonds. The van der Waals surface area contributed by atoms with Crippen LogP contribution in [0.4, 0.5) is 0 Å². The molecule has 0 saturated heterocycles. The number of aliphatic carboxylic acids is 2. The molecule has 5 heteroatoms. The molecule has 0 atom stereocenters. The van der Waals surface area contributed by atoms with Crippen molar-refractivity contribution in [3.63, 3.8) is 0 Å². The summed E-state index contributed by atoms with van der Waals surface area (Å²) in [5.74, 6) is -2.56. The minimum absolute atomic E-state index is 0. The van der Waals surface area contributed by atoms with Crippen LogP contribution in [0.15, 0.2) is 0 Å². The molecule has 0 rings (SSSR count). The van der Waals surface area contributed by atoms with Gasteiger partial charge in [-0.05, 0) is 10.8 Å². The number of carbonyl (C=O) groups is 2. The van der Waals surface area contributed by atoms with Crippen LogP contribution in [0.2, 0.25) is 0 Å². The zero-order chi connectivity index (χ0) is 12.7. The van der Waals surface area contributed by atoms with E-state index in [-0.39, 0.29) is 48.9 Å². The van der Waals surface area contributed by atoms with Gasteiger partial charge in [0.1, 0.15) is 0 Å². The molecule has 92 valence electrons. The minimum atomic E-state index is -1.79. The molecule has 0 spiro atoms. The third kappa shape index (κ3) is 2.85. The Morgan fingerprint density at radius 2 is 0.938 bits per heavy atom. The molecule has 0 aliphatic rings. The summed E-state index contributed by atoms with van der Waals surface area (Å²) in [4.78, 5) is 22.8. The van der Waals surface area contributed by atoms with Crippen LogP contribution in [0.3, 0.4) is 0 Å². The summed E-state index contributed by atoms with van der Waals surface area (Å²) in [5, 5.41) is 18.6. The van der Waals surface area contributed by atoms with Gasteiger partial charge in [0, 0.05) is 0 Å². The Labute approximate surface area is 137 Å². The van der Waals surface area contributed by atoms with E-state index >= 15 is 0 Å². The number of hydrogen-bond donors (Lipinski definition) is 2. The van der Waals surface area contributed by atoms with E-state index in [0.717, 1.165) is 0 Å². The van der Waals surface area contributed by atoms with Gasteiger partial charge in [-0.1, -0.05) is 41.5 Å². The van der Waals surface area contributed by atoms with Gasteiger partial charge in [0.25, 0.3) is 0 Å². The van der Waals surface area contributed by atoms with Crippen LogP contribution < -0.4 is 0 Å². The zero-order valence-electron chi connectivity index (χ0n) is 10.2. The number of hydrogen-bond acceptors (Lipinski definition) is 2. The fraction of sp³-hybridized carbons (Fsp3) is 0.818. The molecule has 0 aliphatic carbocycles. The van der Waals surface area contributed by atoms with Crippen molar-refractivity contribution >= 4 is 60.8 Å². The first-order valence-corrected chi connectivity index (χ1v) is 4.86. The molecule has 16 heavy (non-hydrogen) atoms. The van der Waals surface area contributed by atoms with Gasteiger partial charge >= 0.3 is 60.8 Å². The topological polar surface area (TPSA) is 74.6 Å². The van der Waals surface area contributed by atoms with Gasteiger partial charge < -0.3 is 10.2 Å². The van der Waals surface area contributed by atoms with Crippen molar-refractivity contribution in [3.05, 3.63) is 0 Å². The van der Waals surface area contributed by atoms with Crippen LogP contribution in [-0.4, -0.2) is 71.0 Å². The predicted molar refractivity (Wildman–Crippen MR) is 65.2 cm³/mol. The molecular weight excluding hydrogens is 333 g/mol. The van der Waals surface area contributed by atoms with Gasteiger partial charge in [-0.25, -0.2) is 0 Å². The van der Waals surface area contributed by atoms with Crippen molar-refractivity contribution in [2.75, 3.05) is 0 Å². The molecule has 0 bridgehead atoms. The van der Waals surface area contributed by atoms with E-state index in [2.05, 4.69) is 0 Å². The van der Waals surface area contributed by atoms with Crippen LogP contribution in [0.25, 0.3) is 0 Å². The summed E-state index contributed by atoms with van der Waals surface area (Å²) in [7, 11) is 0. The molecule has 0 aromatic carbocycles. The summed E-state index contributed by atoms with van der Waals surface area (Å²) >= 11 is 0. The normalized spacial score (nSPS) is 12.9. The number of carboxylic acid groups (broad SMARTS) is 2. The first kappa shape index (κ1) is 18.9. The second kappa shape index (κ2) is 5.44. The fourth-order valence-electron chi connectivity index (χ4n) is 2.50. The molecule has 0 aromatic heterocycles. The van der Waals surface area contributed by atoms with E-state index in [1.54, 1.807) is 41.5 Å². The average Bonchev–Trinajstić information content (AvgIpc) is 1.75. The summed E-state index contributed by atoms with van der Waals surface area (Å²) < 4.78 is 0. The van der Waals surface area contributed by atoms with E-state index in [1.165, 1.54) is 0 Å². The molecule has 0 radical (unpaired) electrons. The summed E-state index contributed by atoms with van der Waals surface area (Å²) in [6.07, 6.45) is 0. The van der Waals surface area contributed by atoms with Gasteiger partial charge in [-0.3, -0.25) is 9.59 Å². The SMILES string of the molecule is CC(C)(C)C(C(=O)O)(C(=O)O)C(C)(C)C.[BaH2]. The number of rotatable bonds is 2. The second-order valence-corrected chi connectivity index (χ2v) is 5.86. The Morgan fingerprint density at radius 1 is 0.750 bits per heavy atom. The van der Waals surface area contributed by atoms with Crippen molar-refractivity contribution < 1.29 is 19.8 Å². The molecule has 0 aromatic rings. The van der Waals surface area contributed by atoms with Crippen molar-refractivity contribution in [1.82, 2.24) is 0 Å². The van der Waals surface area contributed by atoms with Crippen molar-refractivity contribution in [1.29, 1.82) is 0 Å². The molecule has 0 heterocycles. The summed E-state index contributed by atoms with van der Waals surface area (Å²) in [6.45, 7) is 9.84. The maximum absolute atomic E-state index is 11.4. The average molecular weight is 356 g/mol. The summed E-state index contributed by atoms with van der Waals surface area (Å²) in [5.41, 5.74) is -3.51. The molecule has 0 unspecified atom stereocenters. The quantitative estimate of drug-likeness (QED) is 0.579. The first-order chi connectivity index (χ1) is 6.39. The molecule has 0 aliphatic heterocycles. The zero-order valence-corrected chi connectivity index (χ0v) is 10.2. The van der Waals surface area contributed by atoms with E-state index < -0.39 is 28.2 Å². The molecule has 4 nitrogen and oxygen atoms in total. The van der Waals surface area contributed by atoms with Gasteiger partial charge in [-0.2, -0.15) is 0 Å². The molecular formula is C11H22BaO4. The van der Waals surface area contributed by atoms with Crippen LogP contribution in [0, 0.1) is 16.2 Å². The Bertz CT molecular complexity index is 253. The monoisotopic (exact) mass is 356 g/mol. The predicted octanol–water partition coefficient (Wildman–Crippen LogP) is 1.32. The van der Waals surface area contributed by atoms with Crippen LogP contribution in [-0.2, 0) is 9.59 Å². The van der Waals surface area contributed by atoms with Crippen molar-refractivity contribution in [3.8, 4) is 0 Å². The van der Waals surface area contributed by atoms with E-state index in [1.807, 2.05) is 0 Å². The van der Waals surface area contributed by atoms with Crippen molar-refractivity contribution in [2.24, 2.45) is 16.2 Å². The van der Waals surface area contributed by atoms with Gasteiger partial charge in [0.2, 0.25) is 0 Å². The van der Waals surface area contributed by atoms with Gasteiger partial charge in [0.05, 0.1) is 0 Å². The Kier molecular flexibility index (Phi) is 6.41. The number of carboxylic acids is 2. The Balaban J connectivity index is 0. The van der Waals surface area contributed by atoms with Crippen LogP contribution in [0.1, 0.15) is 41.5 Å². The molecule has 2 N–H and O–H groups in total. The van der Waals surface area contributed by atoms with E-state index in [9.17, 15) is 19.8 Å². The first-order valence-electron chi connectivity index (χ1n) is 4.86. The molecule has 0 fully saturated rings. The Hall–Kier alpha value is 0.511. The third-order valence-corrected chi connectivity index (χ3v) is 2.89. The van der Waals surface area contributed by atoms with Crippen LogP contribution >= 0.6 is 0 Å². The van der Waals surface area contributed by atoms with E-state index in [4.69, 9.17) is 0 Å². The van der Waals surface area contributed by atoms with Gasteiger partial charge in [-0.15, -0.1) is 0 Å². The maximum atomic E-state index is 11.4. The fourth-order valence-corrected chi connectivity index (χ4v) is 2.50. The van der Waals surface area contributed by atoms with Gasteiger partial charge in [0.15, 0.2) is 5.41 Å². The Morgan fingerprint density at radius 3 is 0.938 bits per heavy atom. The second-order valence-electron chi connectivity index (χ2n) is 5.86. The van der Waals surface area contributed by atoms with Crippen LogP contribution in [0.5, 0.6) is 0 Å². The molecule has 0 saturated carbocycles. The van der Waals surface area contributed by atoms with E-state index in [0.29, 0.717) is 0 Å². The third-order valence-electron chi connectivity index (χ3n) is 2.89. The van der Waals surface area contributed by atoms with Crippen molar-refractivity contribution in [2.45, 2.75) is 41.5 Å². The summed E-state index contributed by atoms with van der Waals surface area (Å²) in [6, 6.07) is 0. The standard InChI is InChI=1S/C11H20O4.Ba.2H/c1-9(2,3)11(7(12)13,8(14)15)10(4,5)6;;;/h1-6H3,(H,12,13)(H,14,15);;;.